The van der Waals surface area contributed by atoms with Crippen molar-refractivity contribution in [3.8, 4) is 0 Å². The summed E-state index contributed by atoms with van der Waals surface area (Å²) in [7, 11) is 0. The smallest absolute Gasteiger partial charge is 0.269 e. The number of hydrogen-bond donors (Lipinski definition) is 0. The maximum Gasteiger partial charge on any atom is 0.269 e. The third kappa shape index (κ3) is 4.12. The molecule has 0 saturated heterocycles. The van der Waals surface area contributed by atoms with E-state index in [2.05, 4.69) is 13.2 Å². The predicted molar refractivity (Wildman–Crippen MR) is 68.1 cm³/mol. The van der Waals surface area contributed by atoms with Crippen LogP contribution in [0.4, 0.5) is 5.69 Å². The van der Waals surface area contributed by atoms with Gasteiger partial charge in [0.2, 0.25) is 0 Å². The molecule has 0 aliphatic rings. The number of nitro groups is 1. The van der Waals surface area contributed by atoms with Crippen molar-refractivity contribution in [2.75, 3.05) is 13.2 Å². The van der Waals surface area contributed by atoms with E-state index >= 15 is 0 Å². The number of non-ortho nitro benzene ring substituents is 1. The van der Waals surface area contributed by atoms with Gasteiger partial charge in [-0.2, -0.15) is 0 Å². The van der Waals surface area contributed by atoms with Crippen LogP contribution in [-0.4, -0.2) is 18.1 Å². The van der Waals surface area contributed by atoms with Crippen molar-refractivity contribution in [1.29, 1.82) is 0 Å². The third-order valence-electron chi connectivity index (χ3n) is 2.11. The van der Waals surface area contributed by atoms with Crippen molar-refractivity contribution in [1.82, 2.24) is 0 Å². The minimum Gasteiger partial charge on any atom is -0.344 e. The van der Waals surface area contributed by atoms with Gasteiger partial charge in [-0.1, -0.05) is 12.2 Å². The van der Waals surface area contributed by atoms with Crippen LogP contribution in [0.5, 0.6) is 0 Å². The molecule has 0 N–H and O–H groups in total. The van der Waals surface area contributed by atoms with E-state index in [9.17, 15) is 10.1 Å². The summed E-state index contributed by atoms with van der Waals surface area (Å²) in [6.07, 6.45) is 2.63. The fourth-order valence-corrected chi connectivity index (χ4v) is 1.30. The normalized spacial score (nSPS) is 10.3. The molecule has 0 radical (unpaired) electrons. The lowest BCUT2D eigenvalue weighted by Crippen LogP contribution is -2.09. The highest BCUT2D eigenvalue weighted by Gasteiger charge is 2.13. The van der Waals surface area contributed by atoms with Crippen LogP contribution in [0, 0.1) is 10.1 Å². The van der Waals surface area contributed by atoms with Gasteiger partial charge in [0.1, 0.15) is 0 Å². The first-order valence-electron chi connectivity index (χ1n) is 5.38. The minimum atomic E-state index is -0.582. The van der Waals surface area contributed by atoms with E-state index in [1.807, 2.05) is 0 Å². The number of nitrogens with zero attached hydrogens (tertiary/aromatic N) is 1. The Morgan fingerprint density at radius 1 is 1.17 bits per heavy atom. The molecule has 0 aliphatic heterocycles. The van der Waals surface area contributed by atoms with Crippen LogP contribution in [0.1, 0.15) is 11.9 Å². The molecule has 18 heavy (non-hydrogen) atoms. The predicted octanol–water partition coefficient (Wildman–Crippen LogP) is 3.00. The summed E-state index contributed by atoms with van der Waals surface area (Å²) in [5.41, 5.74) is 0.745. The third-order valence-corrected chi connectivity index (χ3v) is 2.11. The van der Waals surface area contributed by atoms with Crippen LogP contribution >= 0.6 is 0 Å². The van der Waals surface area contributed by atoms with E-state index in [0.717, 1.165) is 0 Å². The second kappa shape index (κ2) is 7.37. The van der Waals surface area contributed by atoms with E-state index in [0.29, 0.717) is 18.8 Å². The molecular weight excluding hydrogens is 234 g/mol. The Kier molecular flexibility index (Phi) is 5.76. The van der Waals surface area contributed by atoms with Crippen molar-refractivity contribution in [2.45, 2.75) is 6.29 Å². The summed E-state index contributed by atoms with van der Waals surface area (Å²) in [6.45, 7) is 7.77. The zero-order valence-electron chi connectivity index (χ0n) is 9.95. The molecule has 0 bridgehead atoms. The second-order valence-corrected chi connectivity index (χ2v) is 3.42. The first-order chi connectivity index (χ1) is 8.69. The largest absolute Gasteiger partial charge is 0.344 e. The Morgan fingerprint density at radius 2 is 1.67 bits per heavy atom. The minimum absolute atomic E-state index is 0.0324. The molecule has 0 aromatic heterocycles. The zero-order valence-corrected chi connectivity index (χ0v) is 9.95. The van der Waals surface area contributed by atoms with E-state index in [1.54, 1.807) is 24.3 Å². The molecule has 1 aromatic carbocycles. The van der Waals surface area contributed by atoms with Crippen LogP contribution in [-0.2, 0) is 9.47 Å². The lowest BCUT2D eigenvalue weighted by Gasteiger charge is -2.17. The van der Waals surface area contributed by atoms with Gasteiger partial charge >= 0.3 is 0 Å². The van der Waals surface area contributed by atoms with Gasteiger partial charge in [0, 0.05) is 17.7 Å². The van der Waals surface area contributed by atoms with Crippen molar-refractivity contribution < 1.29 is 14.4 Å². The molecule has 5 heteroatoms. The van der Waals surface area contributed by atoms with Gasteiger partial charge in [0.15, 0.2) is 6.29 Å². The summed E-state index contributed by atoms with van der Waals surface area (Å²) in [5.74, 6) is 0. The van der Waals surface area contributed by atoms with Gasteiger partial charge < -0.3 is 9.47 Å². The van der Waals surface area contributed by atoms with E-state index < -0.39 is 11.2 Å². The molecule has 0 amide bonds. The maximum absolute atomic E-state index is 10.5. The number of benzene rings is 1. The topological polar surface area (TPSA) is 61.6 Å². The molecular formula is C13H15NO4. The van der Waals surface area contributed by atoms with Crippen LogP contribution in [0.25, 0.3) is 0 Å². The highest BCUT2D eigenvalue weighted by molar-refractivity contribution is 5.33. The summed E-state index contributed by atoms with van der Waals surface area (Å²) < 4.78 is 10.8. The molecule has 0 heterocycles. The van der Waals surface area contributed by atoms with Gasteiger partial charge in [-0.3, -0.25) is 10.1 Å². The molecule has 5 nitrogen and oxygen atoms in total. The molecule has 0 saturated carbocycles. The van der Waals surface area contributed by atoms with E-state index in [-0.39, 0.29) is 5.69 Å². The average molecular weight is 249 g/mol. The summed E-state index contributed by atoms with van der Waals surface area (Å²) >= 11 is 0. The van der Waals surface area contributed by atoms with Crippen LogP contribution < -0.4 is 0 Å². The van der Waals surface area contributed by atoms with Gasteiger partial charge in [-0.05, 0) is 12.1 Å². The molecule has 0 spiro atoms. The van der Waals surface area contributed by atoms with E-state index in [1.165, 1.54) is 12.1 Å². The van der Waals surface area contributed by atoms with Crippen LogP contribution in [0.2, 0.25) is 0 Å². The lowest BCUT2D eigenvalue weighted by molar-refractivity contribution is -0.384. The standard InChI is InChI=1S/C13H15NO4/c1-3-9-17-13(18-10-4-2)11-5-7-12(8-6-11)14(15)16/h3-8,13H,1-2,9-10H2. The summed E-state index contributed by atoms with van der Waals surface area (Å²) in [6, 6.07) is 6.04. The van der Waals surface area contributed by atoms with Gasteiger partial charge in [-0.15, -0.1) is 13.2 Å². The van der Waals surface area contributed by atoms with Gasteiger partial charge in [-0.25, -0.2) is 0 Å². The highest BCUT2D eigenvalue weighted by Crippen LogP contribution is 2.21. The van der Waals surface area contributed by atoms with Crippen molar-refractivity contribution in [3.63, 3.8) is 0 Å². The van der Waals surface area contributed by atoms with Gasteiger partial charge in [0.05, 0.1) is 18.1 Å². The van der Waals surface area contributed by atoms with Crippen molar-refractivity contribution in [2.24, 2.45) is 0 Å². The Balaban J connectivity index is 2.79. The number of ether oxygens (including phenoxy) is 2. The Bertz CT molecular complexity index is 402. The number of nitro benzene ring substituents is 1. The van der Waals surface area contributed by atoms with Crippen LogP contribution in [0.3, 0.4) is 0 Å². The van der Waals surface area contributed by atoms with E-state index in [4.69, 9.17) is 9.47 Å². The molecule has 1 aromatic rings. The SMILES string of the molecule is C=CCOC(OCC=C)c1ccc([N+](=O)[O-])cc1. The Hall–Kier alpha value is -1.98. The van der Waals surface area contributed by atoms with Crippen molar-refractivity contribution >= 4 is 5.69 Å². The summed E-state index contributed by atoms with van der Waals surface area (Å²) in [4.78, 5) is 10.1. The molecule has 0 atom stereocenters. The molecule has 1 rings (SSSR count). The van der Waals surface area contributed by atoms with Crippen molar-refractivity contribution in [3.05, 3.63) is 65.3 Å². The van der Waals surface area contributed by atoms with Gasteiger partial charge in [0.25, 0.3) is 5.69 Å². The molecule has 0 unspecified atom stereocenters. The highest BCUT2D eigenvalue weighted by atomic mass is 16.7. The monoisotopic (exact) mass is 249 g/mol. The van der Waals surface area contributed by atoms with Crippen LogP contribution in [0.15, 0.2) is 49.6 Å². The zero-order chi connectivity index (χ0) is 13.4. The second-order valence-electron chi connectivity index (χ2n) is 3.42. The first-order valence-corrected chi connectivity index (χ1v) is 5.38. The number of rotatable bonds is 8. The quantitative estimate of drug-likeness (QED) is 0.307. The Morgan fingerprint density at radius 3 is 2.06 bits per heavy atom. The fourth-order valence-electron chi connectivity index (χ4n) is 1.30. The average Bonchev–Trinajstić information content (AvgIpc) is 2.39. The number of hydrogen-bond acceptors (Lipinski definition) is 4. The molecule has 0 aliphatic carbocycles. The maximum atomic E-state index is 10.5. The summed E-state index contributed by atoms with van der Waals surface area (Å²) in [5, 5.41) is 10.5. The fraction of sp³-hybridized carbons (Fsp3) is 0.231. The first kappa shape index (κ1) is 14.1. The Labute approximate surface area is 105 Å². The molecule has 0 fully saturated rings. The lowest BCUT2D eigenvalue weighted by atomic mass is 10.2. The molecule has 96 valence electrons.